The fourth-order valence-corrected chi connectivity index (χ4v) is 3.20. The highest BCUT2D eigenvalue weighted by molar-refractivity contribution is 7.54. The monoisotopic (exact) mass is 286 g/mol. The lowest BCUT2D eigenvalue weighted by molar-refractivity contribution is -0.129. The molecule has 0 spiro atoms. The number of carbonyl (C=O) groups is 1. The van der Waals surface area contributed by atoms with Crippen molar-refractivity contribution in [1.82, 2.24) is 0 Å². The van der Waals surface area contributed by atoms with Crippen molar-refractivity contribution >= 4 is 13.4 Å². The first-order valence-electron chi connectivity index (χ1n) is 6.10. The molecule has 3 N–H and O–H groups in total. The van der Waals surface area contributed by atoms with Crippen molar-refractivity contribution in [1.29, 1.82) is 0 Å². The van der Waals surface area contributed by atoms with Gasteiger partial charge < -0.3 is 14.9 Å². The van der Waals surface area contributed by atoms with Crippen LogP contribution in [0.15, 0.2) is 18.2 Å². The third kappa shape index (κ3) is 2.65. The normalized spacial score (nSPS) is 15.1. The Morgan fingerprint density at radius 3 is 2.21 bits per heavy atom. The Kier molecular flexibility index (Phi) is 4.69. The molecule has 0 aliphatic rings. The van der Waals surface area contributed by atoms with Crippen LogP contribution in [0, 0.1) is 0 Å². The molecule has 0 aliphatic carbocycles. The van der Waals surface area contributed by atoms with E-state index in [2.05, 4.69) is 0 Å². The molecule has 5 nitrogen and oxygen atoms in total. The number of rotatable bonds is 5. The number of hydrogen-bond donors (Lipinski definition) is 3. The number of aliphatic hydroxyl groups is 1. The van der Waals surface area contributed by atoms with Crippen molar-refractivity contribution in [2.24, 2.45) is 0 Å². The molecule has 1 atom stereocenters. The van der Waals surface area contributed by atoms with Crippen molar-refractivity contribution in [2.75, 3.05) is 0 Å². The van der Waals surface area contributed by atoms with Crippen LogP contribution in [0.4, 0.5) is 0 Å². The van der Waals surface area contributed by atoms with Crippen LogP contribution in [0.3, 0.4) is 0 Å². The van der Waals surface area contributed by atoms with E-state index >= 15 is 0 Å². The van der Waals surface area contributed by atoms with E-state index in [4.69, 9.17) is 0 Å². The number of carbonyl (C=O) groups excluding carboxylic acids is 1. The van der Waals surface area contributed by atoms with Gasteiger partial charge in [-0.1, -0.05) is 32.0 Å². The lowest BCUT2D eigenvalue weighted by atomic mass is 9.92. The Labute approximate surface area is 112 Å². The van der Waals surface area contributed by atoms with Gasteiger partial charge in [-0.05, 0) is 30.9 Å². The second-order valence-corrected chi connectivity index (χ2v) is 6.16. The molecule has 0 aromatic heterocycles. The smallest absolute Gasteiger partial charge is 0.368 e. The molecule has 19 heavy (non-hydrogen) atoms. The molecule has 0 unspecified atom stereocenters. The maximum absolute atomic E-state index is 11.6. The highest BCUT2D eigenvalue weighted by atomic mass is 31.2. The molecule has 1 aromatic rings. The summed E-state index contributed by atoms with van der Waals surface area (Å²) in [6.45, 7) is 4.71. The van der Waals surface area contributed by atoms with Crippen LogP contribution in [0.2, 0.25) is 0 Å². The minimum Gasteiger partial charge on any atom is -0.368 e. The van der Waals surface area contributed by atoms with Crippen LogP contribution >= 0.6 is 7.60 Å². The molecule has 0 bridgehead atoms. The Hall–Kier alpha value is -1.00. The average Bonchev–Trinajstić information content (AvgIpc) is 2.34. The highest BCUT2D eigenvalue weighted by Crippen LogP contribution is 2.56. The minimum absolute atomic E-state index is 0.00943. The SMILES string of the molecule is CCc1cccc([C@@](O)(C(C)=O)P(=O)(O)O)c1CC. The van der Waals surface area contributed by atoms with Gasteiger partial charge in [-0.15, -0.1) is 0 Å². The molecule has 0 saturated heterocycles. The zero-order valence-corrected chi connectivity index (χ0v) is 12.1. The second kappa shape index (κ2) is 5.55. The van der Waals surface area contributed by atoms with Gasteiger partial charge in [0.05, 0.1) is 0 Å². The zero-order chi connectivity index (χ0) is 14.8. The van der Waals surface area contributed by atoms with E-state index in [9.17, 15) is 24.3 Å². The average molecular weight is 286 g/mol. The highest BCUT2D eigenvalue weighted by Gasteiger charge is 2.52. The molecule has 0 radical (unpaired) electrons. The zero-order valence-electron chi connectivity index (χ0n) is 11.3. The van der Waals surface area contributed by atoms with Crippen LogP contribution in [0.25, 0.3) is 0 Å². The van der Waals surface area contributed by atoms with E-state index in [1.165, 1.54) is 6.07 Å². The summed E-state index contributed by atoms with van der Waals surface area (Å²) in [7, 11) is -5.03. The van der Waals surface area contributed by atoms with E-state index in [0.717, 1.165) is 12.5 Å². The van der Waals surface area contributed by atoms with E-state index < -0.39 is 18.7 Å². The van der Waals surface area contributed by atoms with Crippen LogP contribution in [-0.4, -0.2) is 20.7 Å². The third-order valence-corrected chi connectivity index (χ3v) is 4.69. The van der Waals surface area contributed by atoms with E-state index in [0.29, 0.717) is 18.4 Å². The first-order chi connectivity index (χ1) is 8.70. The molecule has 0 fully saturated rings. The summed E-state index contributed by atoms with van der Waals surface area (Å²) >= 11 is 0. The van der Waals surface area contributed by atoms with Gasteiger partial charge >= 0.3 is 7.60 Å². The van der Waals surface area contributed by atoms with Crippen molar-refractivity contribution < 1.29 is 24.3 Å². The topological polar surface area (TPSA) is 94.8 Å². The van der Waals surface area contributed by atoms with Crippen molar-refractivity contribution in [3.8, 4) is 0 Å². The molecule has 0 aliphatic heterocycles. The van der Waals surface area contributed by atoms with Gasteiger partial charge in [-0.25, -0.2) is 0 Å². The van der Waals surface area contributed by atoms with Gasteiger partial charge in [0.25, 0.3) is 0 Å². The molecule has 1 aromatic carbocycles. The quantitative estimate of drug-likeness (QED) is 0.716. The summed E-state index contributed by atoms with van der Waals surface area (Å²) in [6.07, 6.45) is 1.14. The fraction of sp³-hybridized carbons (Fsp3) is 0.462. The van der Waals surface area contributed by atoms with Crippen LogP contribution in [0.5, 0.6) is 0 Å². The van der Waals surface area contributed by atoms with Crippen molar-refractivity contribution in [3.63, 3.8) is 0 Å². The van der Waals surface area contributed by atoms with Crippen LogP contribution in [-0.2, 0) is 27.5 Å². The largest absolute Gasteiger partial charge is 0.369 e. The summed E-state index contributed by atoms with van der Waals surface area (Å²) in [5.74, 6) is -0.955. The van der Waals surface area contributed by atoms with Crippen molar-refractivity contribution in [3.05, 3.63) is 34.9 Å². The summed E-state index contributed by atoms with van der Waals surface area (Å²) in [5.41, 5.74) is 1.49. The van der Waals surface area contributed by atoms with Crippen LogP contribution in [0.1, 0.15) is 37.5 Å². The number of benzene rings is 1. The molecule has 106 valence electrons. The van der Waals surface area contributed by atoms with E-state index in [1.807, 2.05) is 19.9 Å². The molecular formula is C13H19O5P. The Bertz CT molecular complexity index is 534. The Morgan fingerprint density at radius 1 is 1.26 bits per heavy atom. The van der Waals surface area contributed by atoms with Gasteiger partial charge in [0.15, 0.2) is 5.78 Å². The van der Waals surface area contributed by atoms with Gasteiger partial charge in [0, 0.05) is 5.56 Å². The standard InChI is InChI=1S/C13H19O5P/c1-4-10-7-6-8-12(11(10)5-2)13(15,9(3)14)19(16,17)18/h6-8,15H,4-5H2,1-3H3,(H2,16,17,18)/t13-/m1/s1. The lowest BCUT2D eigenvalue weighted by Crippen LogP contribution is -2.35. The molecule has 0 heterocycles. The number of Topliss-reactive ketones (excluding diaryl/α,β-unsaturated/α-hetero) is 1. The molecule has 0 saturated carbocycles. The van der Waals surface area contributed by atoms with Crippen LogP contribution < -0.4 is 0 Å². The lowest BCUT2D eigenvalue weighted by Gasteiger charge is -2.29. The first-order valence-corrected chi connectivity index (χ1v) is 7.71. The second-order valence-electron chi connectivity index (χ2n) is 4.42. The number of aryl methyl sites for hydroxylation is 1. The fourth-order valence-electron chi connectivity index (χ4n) is 2.26. The van der Waals surface area contributed by atoms with Gasteiger partial charge in [-0.3, -0.25) is 9.36 Å². The molecule has 6 heteroatoms. The summed E-state index contributed by atoms with van der Waals surface area (Å²) in [4.78, 5) is 30.4. The van der Waals surface area contributed by atoms with Crippen molar-refractivity contribution in [2.45, 2.75) is 39.0 Å². The minimum atomic E-state index is -5.03. The third-order valence-electron chi connectivity index (χ3n) is 3.30. The Balaban J connectivity index is 3.67. The molecule has 1 rings (SSSR count). The van der Waals surface area contributed by atoms with E-state index in [1.54, 1.807) is 6.07 Å². The summed E-state index contributed by atoms with van der Waals surface area (Å²) in [6, 6.07) is 4.82. The van der Waals surface area contributed by atoms with Gasteiger partial charge in [0.2, 0.25) is 5.34 Å². The first kappa shape index (κ1) is 16.1. The van der Waals surface area contributed by atoms with Gasteiger partial charge in [-0.2, -0.15) is 0 Å². The summed E-state index contributed by atoms with van der Waals surface area (Å²) in [5, 5.41) is 7.56. The summed E-state index contributed by atoms with van der Waals surface area (Å²) < 4.78 is 11.6. The van der Waals surface area contributed by atoms with E-state index in [-0.39, 0.29) is 5.56 Å². The molecule has 0 amide bonds. The number of hydrogen-bond acceptors (Lipinski definition) is 3. The predicted octanol–water partition coefficient (Wildman–Crippen LogP) is 1.72. The Morgan fingerprint density at radius 2 is 1.84 bits per heavy atom. The predicted molar refractivity (Wildman–Crippen MR) is 71.8 cm³/mol. The van der Waals surface area contributed by atoms with Gasteiger partial charge in [0.1, 0.15) is 0 Å². The maximum atomic E-state index is 11.6. The maximum Gasteiger partial charge on any atom is 0.369 e. The number of ketones is 1. The molecular weight excluding hydrogens is 267 g/mol.